The summed E-state index contributed by atoms with van der Waals surface area (Å²) in [5.41, 5.74) is 0. The first-order valence-corrected chi connectivity index (χ1v) is 7.36. The van der Waals surface area contributed by atoms with E-state index in [-0.39, 0.29) is 0 Å². The van der Waals surface area contributed by atoms with Gasteiger partial charge in [0.1, 0.15) is 0 Å². The smallest absolute Gasteiger partial charge is 0.0221 e. The predicted octanol–water partition coefficient (Wildman–Crippen LogP) is 1.71. The summed E-state index contributed by atoms with van der Waals surface area (Å²) < 4.78 is 0. The molecule has 0 spiro atoms. The summed E-state index contributed by atoms with van der Waals surface area (Å²) in [6, 6.07) is 1.85. The van der Waals surface area contributed by atoms with E-state index >= 15 is 0 Å². The molecule has 2 bridgehead atoms. The summed E-state index contributed by atoms with van der Waals surface area (Å²) >= 11 is 0. The van der Waals surface area contributed by atoms with E-state index in [0.717, 1.165) is 35.8 Å². The lowest BCUT2D eigenvalue weighted by molar-refractivity contribution is 0.124. The molecule has 0 aromatic carbocycles. The number of piperazine rings is 1. The minimum absolute atomic E-state index is 0.837. The van der Waals surface area contributed by atoms with Gasteiger partial charge in [0, 0.05) is 31.7 Å². The summed E-state index contributed by atoms with van der Waals surface area (Å²) in [5.74, 6) is 4.52. The van der Waals surface area contributed by atoms with Gasteiger partial charge in [0.2, 0.25) is 0 Å². The van der Waals surface area contributed by atoms with Crippen molar-refractivity contribution in [2.45, 2.75) is 44.7 Å². The van der Waals surface area contributed by atoms with Crippen LogP contribution in [0, 0.1) is 23.7 Å². The van der Waals surface area contributed by atoms with Crippen molar-refractivity contribution in [2.75, 3.05) is 19.6 Å². The van der Waals surface area contributed by atoms with Gasteiger partial charge in [-0.1, -0.05) is 6.92 Å². The molecule has 1 heterocycles. The van der Waals surface area contributed by atoms with Gasteiger partial charge in [0.05, 0.1) is 0 Å². The summed E-state index contributed by atoms with van der Waals surface area (Å²) in [5, 5.41) is 3.56. The fourth-order valence-corrected chi connectivity index (χ4v) is 5.27. The molecule has 90 valence electrons. The van der Waals surface area contributed by atoms with Crippen molar-refractivity contribution in [3.63, 3.8) is 0 Å². The van der Waals surface area contributed by atoms with Gasteiger partial charge >= 0.3 is 0 Å². The lowest BCUT2D eigenvalue weighted by Gasteiger charge is -2.37. The molecule has 4 aliphatic rings. The van der Waals surface area contributed by atoms with Crippen LogP contribution in [-0.4, -0.2) is 36.6 Å². The summed E-state index contributed by atoms with van der Waals surface area (Å²) in [6.45, 7) is 6.14. The number of nitrogens with one attached hydrogen (secondary N) is 1. The zero-order chi connectivity index (χ0) is 10.7. The molecule has 2 heteroatoms. The highest BCUT2D eigenvalue weighted by molar-refractivity contribution is 5.18. The van der Waals surface area contributed by atoms with Gasteiger partial charge in [-0.25, -0.2) is 0 Å². The maximum atomic E-state index is 3.56. The Labute approximate surface area is 98.8 Å². The molecule has 16 heavy (non-hydrogen) atoms. The maximum Gasteiger partial charge on any atom is 0.0221 e. The first-order valence-electron chi connectivity index (χ1n) is 7.36. The standard InChI is InChI=1S/C14H24N2/c1-2-11-8-15-5-6-16(11)14-12-9-3-4-10(7-9)13(12)14/h9-15H,2-8H2,1H3. The van der Waals surface area contributed by atoms with Crippen LogP contribution in [0.3, 0.4) is 0 Å². The topological polar surface area (TPSA) is 15.3 Å². The van der Waals surface area contributed by atoms with E-state index in [4.69, 9.17) is 0 Å². The van der Waals surface area contributed by atoms with Gasteiger partial charge in [0.15, 0.2) is 0 Å². The third-order valence-corrected chi connectivity index (χ3v) is 5.94. The number of hydrogen-bond acceptors (Lipinski definition) is 2. The highest BCUT2D eigenvalue weighted by Crippen LogP contribution is 2.67. The zero-order valence-corrected chi connectivity index (χ0v) is 10.4. The third-order valence-electron chi connectivity index (χ3n) is 5.94. The Balaban J connectivity index is 1.51. The molecule has 2 nitrogen and oxygen atoms in total. The Morgan fingerprint density at radius 2 is 1.94 bits per heavy atom. The van der Waals surface area contributed by atoms with E-state index < -0.39 is 0 Å². The van der Waals surface area contributed by atoms with Gasteiger partial charge in [0.25, 0.3) is 0 Å². The number of fused-ring (bicyclic) bond motifs is 5. The molecule has 1 aliphatic heterocycles. The minimum atomic E-state index is 0.837. The van der Waals surface area contributed by atoms with Crippen molar-refractivity contribution in [3.8, 4) is 0 Å². The average molecular weight is 220 g/mol. The van der Waals surface area contributed by atoms with Crippen molar-refractivity contribution >= 4 is 0 Å². The van der Waals surface area contributed by atoms with Crippen molar-refractivity contribution in [1.29, 1.82) is 0 Å². The van der Waals surface area contributed by atoms with Crippen LogP contribution in [0.1, 0.15) is 32.6 Å². The maximum absolute atomic E-state index is 3.56. The molecule has 1 saturated heterocycles. The van der Waals surface area contributed by atoms with Crippen LogP contribution in [0.25, 0.3) is 0 Å². The quantitative estimate of drug-likeness (QED) is 0.762. The highest BCUT2D eigenvalue weighted by atomic mass is 15.3. The van der Waals surface area contributed by atoms with Crippen LogP contribution >= 0.6 is 0 Å². The predicted molar refractivity (Wildman–Crippen MR) is 65.3 cm³/mol. The highest BCUT2D eigenvalue weighted by Gasteiger charge is 2.67. The van der Waals surface area contributed by atoms with Gasteiger partial charge in [-0.05, 0) is 49.4 Å². The summed E-state index contributed by atoms with van der Waals surface area (Å²) in [7, 11) is 0. The number of rotatable bonds is 2. The first-order chi connectivity index (χ1) is 7.90. The summed E-state index contributed by atoms with van der Waals surface area (Å²) in [6.07, 6.45) is 6.05. The van der Waals surface area contributed by atoms with Crippen LogP contribution in [-0.2, 0) is 0 Å². The normalized spacial score (nSPS) is 55.3. The molecule has 5 unspecified atom stereocenters. The Kier molecular flexibility index (Phi) is 2.14. The Bertz CT molecular complexity index is 274. The van der Waals surface area contributed by atoms with E-state index in [2.05, 4.69) is 17.1 Å². The molecule has 4 fully saturated rings. The van der Waals surface area contributed by atoms with E-state index in [1.165, 1.54) is 26.1 Å². The van der Waals surface area contributed by atoms with Crippen molar-refractivity contribution in [2.24, 2.45) is 23.7 Å². The minimum Gasteiger partial charge on any atom is -0.314 e. The van der Waals surface area contributed by atoms with E-state index in [1.807, 2.05) is 0 Å². The monoisotopic (exact) mass is 220 g/mol. The van der Waals surface area contributed by atoms with Crippen molar-refractivity contribution in [1.82, 2.24) is 10.2 Å². The Morgan fingerprint density at radius 1 is 1.19 bits per heavy atom. The molecule has 4 rings (SSSR count). The second-order valence-electron chi connectivity index (χ2n) is 6.48. The molecule has 5 atom stereocenters. The van der Waals surface area contributed by atoms with Gasteiger partial charge in [-0.2, -0.15) is 0 Å². The second kappa shape index (κ2) is 3.46. The lowest BCUT2D eigenvalue weighted by Crippen LogP contribution is -2.52. The molecule has 0 amide bonds. The Morgan fingerprint density at radius 3 is 2.62 bits per heavy atom. The van der Waals surface area contributed by atoms with E-state index in [9.17, 15) is 0 Å². The average Bonchev–Trinajstić information content (AvgIpc) is 2.76. The van der Waals surface area contributed by atoms with E-state index in [1.54, 1.807) is 19.3 Å². The van der Waals surface area contributed by atoms with Gasteiger partial charge in [-0.15, -0.1) is 0 Å². The SMILES string of the molecule is CCC1CNCCN1C1C2C3CCC(C3)C21. The molecule has 1 N–H and O–H groups in total. The molecular formula is C14H24N2. The van der Waals surface area contributed by atoms with Crippen LogP contribution < -0.4 is 5.32 Å². The lowest BCUT2D eigenvalue weighted by atomic mass is 10.0. The number of nitrogens with zero attached hydrogens (tertiary/aromatic N) is 1. The molecule has 0 radical (unpaired) electrons. The van der Waals surface area contributed by atoms with Crippen molar-refractivity contribution < 1.29 is 0 Å². The summed E-state index contributed by atoms with van der Waals surface area (Å²) in [4.78, 5) is 2.89. The molecule has 3 aliphatic carbocycles. The van der Waals surface area contributed by atoms with Gasteiger partial charge in [-0.3, -0.25) is 4.90 Å². The fraction of sp³-hybridized carbons (Fsp3) is 1.00. The van der Waals surface area contributed by atoms with Gasteiger partial charge < -0.3 is 5.32 Å². The molecule has 0 aromatic heterocycles. The molecular weight excluding hydrogens is 196 g/mol. The van der Waals surface area contributed by atoms with Crippen LogP contribution in [0.4, 0.5) is 0 Å². The zero-order valence-electron chi connectivity index (χ0n) is 10.4. The third kappa shape index (κ3) is 1.20. The van der Waals surface area contributed by atoms with Crippen LogP contribution in [0.5, 0.6) is 0 Å². The Hall–Kier alpha value is -0.0800. The van der Waals surface area contributed by atoms with E-state index in [0.29, 0.717) is 0 Å². The van der Waals surface area contributed by atoms with Crippen LogP contribution in [0.2, 0.25) is 0 Å². The molecule has 3 saturated carbocycles. The van der Waals surface area contributed by atoms with Crippen LogP contribution in [0.15, 0.2) is 0 Å². The fourth-order valence-electron chi connectivity index (χ4n) is 5.27. The number of hydrogen-bond donors (Lipinski definition) is 1. The second-order valence-corrected chi connectivity index (χ2v) is 6.48. The van der Waals surface area contributed by atoms with Crippen molar-refractivity contribution in [3.05, 3.63) is 0 Å². The largest absolute Gasteiger partial charge is 0.314 e. The first kappa shape index (κ1) is 9.90. The molecule has 0 aromatic rings.